The van der Waals surface area contributed by atoms with Crippen LogP contribution in [0.3, 0.4) is 0 Å². The van der Waals surface area contributed by atoms with Crippen LogP contribution in [0.2, 0.25) is 0 Å². The Bertz CT molecular complexity index is 723. The van der Waals surface area contributed by atoms with Crippen LogP contribution < -0.4 is 10.2 Å². The smallest absolute Gasteiger partial charge is 0.353 e. The molecule has 2 heterocycles. The first kappa shape index (κ1) is 17.1. The van der Waals surface area contributed by atoms with Gasteiger partial charge < -0.3 is 10.2 Å². The number of piperidine rings is 1. The van der Waals surface area contributed by atoms with Crippen LogP contribution in [0.15, 0.2) is 36.7 Å². The Kier molecular flexibility index (Phi) is 5.42. The fourth-order valence-electron chi connectivity index (χ4n) is 3.26. The van der Waals surface area contributed by atoms with Crippen molar-refractivity contribution in [1.29, 1.82) is 0 Å². The Hall–Kier alpha value is -2.70. The van der Waals surface area contributed by atoms with Crippen LogP contribution in [0.25, 0.3) is 0 Å². The van der Waals surface area contributed by atoms with Gasteiger partial charge in [-0.1, -0.05) is 30.3 Å². The average molecular weight is 341 g/mol. The maximum atomic E-state index is 11.7. The minimum absolute atomic E-state index is 0.0238. The first-order valence-corrected chi connectivity index (χ1v) is 8.70. The monoisotopic (exact) mass is 341 g/mol. The number of nitrogens with zero attached hydrogens (tertiary/aromatic N) is 4. The molecule has 1 aliphatic heterocycles. The van der Waals surface area contributed by atoms with Gasteiger partial charge in [0.05, 0.1) is 4.92 Å². The van der Waals surface area contributed by atoms with Crippen molar-refractivity contribution in [2.45, 2.75) is 38.6 Å². The SMILES string of the molecule is CC1CCCCN1c1ncnc(NCCc2ccccc2)c1[N+](=O)[O-]. The molecule has 7 nitrogen and oxygen atoms in total. The molecule has 0 aliphatic carbocycles. The predicted octanol–water partition coefficient (Wildman–Crippen LogP) is 3.42. The zero-order chi connectivity index (χ0) is 17.6. The summed E-state index contributed by atoms with van der Waals surface area (Å²) in [6.45, 7) is 3.47. The molecule has 1 fully saturated rings. The van der Waals surface area contributed by atoms with E-state index in [0.29, 0.717) is 18.2 Å². The largest absolute Gasteiger partial charge is 0.364 e. The van der Waals surface area contributed by atoms with Gasteiger partial charge in [-0.05, 0) is 38.2 Å². The summed E-state index contributed by atoms with van der Waals surface area (Å²) in [5.74, 6) is 0.720. The molecule has 7 heteroatoms. The van der Waals surface area contributed by atoms with Crippen LogP contribution in [-0.2, 0) is 6.42 Å². The lowest BCUT2D eigenvalue weighted by molar-refractivity contribution is -0.383. The molecule has 1 atom stereocenters. The molecule has 1 unspecified atom stereocenters. The summed E-state index contributed by atoms with van der Waals surface area (Å²) in [7, 11) is 0. The average Bonchev–Trinajstić information content (AvgIpc) is 2.62. The van der Waals surface area contributed by atoms with Crippen LogP contribution in [-0.4, -0.2) is 34.0 Å². The van der Waals surface area contributed by atoms with E-state index in [4.69, 9.17) is 0 Å². The lowest BCUT2D eigenvalue weighted by atomic mass is 10.0. The van der Waals surface area contributed by atoms with Crippen molar-refractivity contribution in [2.24, 2.45) is 0 Å². The van der Waals surface area contributed by atoms with Gasteiger partial charge in [0.1, 0.15) is 6.33 Å². The highest BCUT2D eigenvalue weighted by Gasteiger charge is 2.30. The van der Waals surface area contributed by atoms with Crippen molar-refractivity contribution in [1.82, 2.24) is 9.97 Å². The quantitative estimate of drug-likeness (QED) is 0.640. The van der Waals surface area contributed by atoms with Gasteiger partial charge in [0.15, 0.2) is 0 Å². The normalized spacial score (nSPS) is 17.3. The zero-order valence-corrected chi connectivity index (χ0v) is 14.4. The van der Waals surface area contributed by atoms with E-state index in [2.05, 4.69) is 22.2 Å². The lowest BCUT2D eigenvalue weighted by Crippen LogP contribution is -2.38. The summed E-state index contributed by atoms with van der Waals surface area (Å²) in [6.07, 6.45) is 5.39. The summed E-state index contributed by atoms with van der Waals surface area (Å²) in [6, 6.07) is 10.3. The molecule has 1 aromatic carbocycles. The topological polar surface area (TPSA) is 84.2 Å². The fraction of sp³-hybridized carbons (Fsp3) is 0.444. The van der Waals surface area contributed by atoms with Crippen molar-refractivity contribution in [3.63, 3.8) is 0 Å². The highest BCUT2D eigenvalue weighted by atomic mass is 16.6. The van der Waals surface area contributed by atoms with Gasteiger partial charge in [-0.3, -0.25) is 10.1 Å². The molecule has 0 spiro atoms. The Morgan fingerprint density at radius 1 is 1.28 bits per heavy atom. The number of rotatable bonds is 6. The van der Waals surface area contributed by atoms with Crippen molar-refractivity contribution in [2.75, 3.05) is 23.3 Å². The fourth-order valence-corrected chi connectivity index (χ4v) is 3.26. The number of hydrogen-bond acceptors (Lipinski definition) is 6. The Morgan fingerprint density at radius 3 is 2.80 bits per heavy atom. The number of anilines is 2. The van der Waals surface area contributed by atoms with E-state index in [0.717, 1.165) is 32.2 Å². The minimum Gasteiger partial charge on any atom is -0.364 e. The number of nitro groups is 1. The minimum atomic E-state index is -0.374. The maximum absolute atomic E-state index is 11.7. The first-order valence-electron chi connectivity index (χ1n) is 8.70. The van der Waals surface area contributed by atoms with E-state index < -0.39 is 0 Å². The standard InChI is InChI=1S/C18H23N5O2/c1-14-7-5-6-12-22(14)18-16(23(24)25)17(20-13-21-18)19-11-10-15-8-3-2-4-9-15/h2-4,8-9,13-14H,5-7,10-12H2,1H3,(H,19,20,21). The van der Waals surface area contributed by atoms with Gasteiger partial charge in [0.25, 0.3) is 0 Å². The molecule has 1 N–H and O–H groups in total. The van der Waals surface area contributed by atoms with Gasteiger partial charge in [-0.15, -0.1) is 0 Å². The zero-order valence-electron chi connectivity index (χ0n) is 14.4. The van der Waals surface area contributed by atoms with E-state index in [1.54, 1.807) is 0 Å². The van der Waals surface area contributed by atoms with Gasteiger partial charge in [-0.25, -0.2) is 9.97 Å². The van der Waals surface area contributed by atoms with Crippen LogP contribution >= 0.6 is 0 Å². The third-order valence-corrected chi connectivity index (χ3v) is 4.61. The summed E-state index contributed by atoms with van der Waals surface area (Å²) in [4.78, 5) is 21.7. The molecule has 1 aliphatic rings. The van der Waals surface area contributed by atoms with Crippen LogP contribution in [0, 0.1) is 10.1 Å². The summed E-state index contributed by atoms with van der Waals surface area (Å²) in [5, 5.41) is 14.8. The van der Waals surface area contributed by atoms with E-state index >= 15 is 0 Å². The third kappa shape index (κ3) is 4.04. The van der Waals surface area contributed by atoms with Crippen LogP contribution in [0.5, 0.6) is 0 Å². The summed E-state index contributed by atoms with van der Waals surface area (Å²) >= 11 is 0. The second-order valence-electron chi connectivity index (χ2n) is 6.35. The van der Waals surface area contributed by atoms with Crippen molar-refractivity contribution < 1.29 is 4.92 Å². The predicted molar refractivity (Wildman–Crippen MR) is 98.0 cm³/mol. The maximum Gasteiger partial charge on any atom is 0.353 e. The second kappa shape index (κ2) is 7.92. The molecule has 25 heavy (non-hydrogen) atoms. The van der Waals surface area contributed by atoms with Crippen LogP contribution in [0.4, 0.5) is 17.3 Å². The Morgan fingerprint density at radius 2 is 2.08 bits per heavy atom. The van der Waals surface area contributed by atoms with E-state index in [1.807, 2.05) is 35.2 Å². The molecule has 0 saturated carbocycles. The first-order chi connectivity index (χ1) is 12.2. The van der Waals surface area contributed by atoms with Gasteiger partial charge in [-0.2, -0.15) is 0 Å². The third-order valence-electron chi connectivity index (χ3n) is 4.61. The molecule has 2 aromatic rings. The van der Waals surface area contributed by atoms with E-state index in [-0.39, 0.29) is 16.7 Å². The number of nitrogens with one attached hydrogen (secondary N) is 1. The molecule has 0 amide bonds. The molecule has 132 valence electrons. The van der Waals surface area contributed by atoms with Crippen molar-refractivity contribution >= 4 is 17.3 Å². The molecular weight excluding hydrogens is 318 g/mol. The lowest BCUT2D eigenvalue weighted by Gasteiger charge is -2.33. The molecule has 1 aromatic heterocycles. The van der Waals surface area contributed by atoms with Crippen LogP contribution in [0.1, 0.15) is 31.7 Å². The highest BCUT2D eigenvalue weighted by molar-refractivity contribution is 5.70. The Balaban J connectivity index is 1.79. The molecule has 0 bridgehead atoms. The number of benzene rings is 1. The number of hydrogen-bond donors (Lipinski definition) is 1. The summed E-state index contributed by atoms with van der Waals surface area (Å²) < 4.78 is 0. The van der Waals surface area contributed by atoms with Gasteiger partial charge >= 0.3 is 5.69 Å². The number of aromatic nitrogens is 2. The second-order valence-corrected chi connectivity index (χ2v) is 6.35. The summed E-state index contributed by atoms with van der Waals surface area (Å²) in [5.41, 5.74) is 1.15. The molecular formula is C18H23N5O2. The van der Waals surface area contributed by atoms with E-state index in [1.165, 1.54) is 11.9 Å². The van der Waals surface area contributed by atoms with Gasteiger partial charge in [0, 0.05) is 19.1 Å². The van der Waals surface area contributed by atoms with Crippen molar-refractivity contribution in [3.8, 4) is 0 Å². The molecule has 1 saturated heterocycles. The van der Waals surface area contributed by atoms with E-state index in [9.17, 15) is 10.1 Å². The van der Waals surface area contributed by atoms with Gasteiger partial charge in [0.2, 0.25) is 11.6 Å². The Labute approximate surface area is 147 Å². The molecule has 3 rings (SSSR count). The van der Waals surface area contributed by atoms with Crippen molar-refractivity contribution in [3.05, 3.63) is 52.3 Å². The molecule has 0 radical (unpaired) electrons. The highest BCUT2D eigenvalue weighted by Crippen LogP contribution is 2.34.